The molecular formula is C7H10N2O2. The van der Waals surface area contributed by atoms with Crippen LogP contribution in [0.2, 0.25) is 0 Å². The number of carbonyl (C=O) groups is 1. The summed E-state index contributed by atoms with van der Waals surface area (Å²) < 4.78 is 0. The van der Waals surface area contributed by atoms with Crippen molar-refractivity contribution < 1.29 is 4.79 Å². The average molecular weight is 154 g/mol. The van der Waals surface area contributed by atoms with Gasteiger partial charge in [0.2, 0.25) is 0 Å². The summed E-state index contributed by atoms with van der Waals surface area (Å²) in [6, 6.07) is 0.147. The van der Waals surface area contributed by atoms with E-state index in [0.29, 0.717) is 18.7 Å². The second kappa shape index (κ2) is 2.29. The quantitative estimate of drug-likeness (QED) is 0.523. The van der Waals surface area contributed by atoms with Gasteiger partial charge in [-0.1, -0.05) is 0 Å². The average Bonchev–Trinajstić information content (AvgIpc) is 1.93. The van der Waals surface area contributed by atoms with Gasteiger partial charge in [-0.05, 0) is 12.8 Å². The van der Waals surface area contributed by atoms with Gasteiger partial charge in [-0.3, -0.25) is 9.80 Å². The van der Waals surface area contributed by atoms with Crippen molar-refractivity contribution in [3.8, 4) is 0 Å². The van der Waals surface area contributed by atoms with Crippen LogP contribution in [0.5, 0.6) is 0 Å². The molecule has 0 aromatic heterocycles. The Morgan fingerprint density at radius 3 is 2.82 bits per heavy atom. The van der Waals surface area contributed by atoms with Gasteiger partial charge < -0.3 is 0 Å². The summed E-state index contributed by atoms with van der Waals surface area (Å²) in [7, 11) is 0. The lowest BCUT2D eigenvalue weighted by molar-refractivity contribution is -0.134. The highest BCUT2D eigenvalue weighted by atomic mass is 16.3. The first-order valence-corrected chi connectivity index (χ1v) is 3.95. The summed E-state index contributed by atoms with van der Waals surface area (Å²) in [5, 5.41) is 4.42. The molecule has 2 aliphatic rings. The summed E-state index contributed by atoms with van der Waals surface area (Å²) in [4.78, 5) is 21.4. The predicted molar refractivity (Wildman–Crippen MR) is 38.6 cm³/mol. The molecule has 1 saturated heterocycles. The van der Waals surface area contributed by atoms with Gasteiger partial charge >= 0.3 is 0 Å². The molecule has 4 heteroatoms. The minimum atomic E-state index is 0.126. The summed E-state index contributed by atoms with van der Waals surface area (Å²) in [5.74, 6) is 0.447. The zero-order valence-corrected chi connectivity index (χ0v) is 6.19. The lowest BCUT2D eigenvalue weighted by atomic mass is 9.73. The maximum absolute atomic E-state index is 11.1. The van der Waals surface area contributed by atoms with Crippen molar-refractivity contribution in [1.82, 2.24) is 5.01 Å². The molecule has 2 rings (SSSR count). The molecule has 0 amide bonds. The second-order valence-corrected chi connectivity index (χ2v) is 3.21. The summed E-state index contributed by atoms with van der Waals surface area (Å²) in [5.41, 5.74) is 0. The fourth-order valence-corrected chi connectivity index (χ4v) is 1.89. The summed E-state index contributed by atoms with van der Waals surface area (Å²) in [6.07, 6.45) is 2.42. The number of Topliss-reactive ketones (excluding diaryl/α,β-unsaturated/α-hetero) is 1. The number of piperidine rings is 1. The number of nitroso groups, excluding NO2 is 1. The van der Waals surface area contributed by atoms with Crippen LogP contribution in [0.15, 0.2) is 5.29 Å². The first-order chi connectivity index (χ1) is 5.33. The van der Waals surface area contributed by atoms with Crippen LogP contribution >= 0.6 is 0 Å². The normalized spacial score (nSPS) is 36.0. The Morgan fingerprint density at radius 2 is 2.27 bits per heavy atom. The molecule has 2 fully saturated rings. The number of hydrogen-bond acceptors (Lipinski definition) is 3. The van der Waals surface area contributed by atoms with Gasteiger partial charge in [0, 0.05) is 18.9 Å². The Balaban J connectivity index is 2.10. The van der Waals surface area contributed by atoms with E-state index in [-0.39, 0.29) is 12.0 Å². The number of carbonyl (C=O) groups excluding carboxylic acids is 1. The monoisotopic (exact) mass is 154 g/mol. The third kappa shape index (κ3) is 0.852. The Morgan fingerprint density at radius 1 is 1.45 bits per heavy atom. The Hall–Kier alpha value is -0.930. The minimum absolute atomic E-state index is 0.126. The summed E-state index contributed by atoms with van der Waals surface area (Å²) >= 11 is 0. The van der Waals surface area contributed by atoms with E-state index in [0.717, 1.165) is 12.8 Å². The van der Waals surface area contributed by atoms with E-state index in [4.69, 9.17) is 0 Å². The highest BCUT2D eigenvalue weighted by molar-refractivity contribution is 5.83. The fourth-order valence-electron chi connectivity index (χ4n) is 1.89. The Labute approximate surface area is 64.5 Å². The van der Waals surface area contributed by atoms with Crippen LogP contribution in [0, 0.1) is 10.8 Å². The lowest BCUT2D eigenvalue weighted by Gasteiger charge is -2.43. The van der Waals surface area contributed by atoms with Gasteiger partial charge in [0.1, 0.15) is 5.78 Å². The number of ketones is 1. The van der Waals surface area contributed by atoms with Crippen LogP contribution < -0.4 is 0 Å². The highest BCUT2D eigenvalue weighted by Gasteiger charge is 2.43. The molecular weight excluding hydrogens is 144 g/mol. The van der Waals surface area contributed by atoms with Crippen molar-refractivity contribution in [3.63, 3.8) is 0 Å². The topological polar surface area (TPSA) is 49.7 Å². The third-order valence-corrected chi connectivity index (χ3v) is 2.73. The molecule has 1 aliphatic heterocycles. The molecule has 0 radical (unpaired) electrons. The van der Waals surface area contributed by atoms with Crippen LogP contribution in [-0.2, 0) is 4.79 Å². The van der Waals surface area contributed by atoms with Crippen molar-refractivity contribution in [2.24, 2.45) is 11.2 Å². The first kappa shape index (κ1) is 6.76. The van der Waals surface area contributed by atoms with E-state index in [2.05, 4.69) is 5.29 Å². The highest BCUT2D eigenvalue weighted by Crippen LogP contribution is 2.36. The molecule has 11 heavy (non-hydrogen) atoms. The van der Waals surface area contributed by atoms with Gasteiger partial charge in [0.25, 0.3) is 0 Å². The summed E-state index contributed by atoms with van der Waals surface area (Å²) in [6.45, 7) is 0.531. The van der Waals surface area contributed by atoms with Gasteiger partial charge in [-0.15, -0.1) is 4.91 Å². The largest absolute Gasteiger partial charge is 0.299 e. The number of fused-ring (bicyclic) bond motifs is 1. The molecule has 2 atom stereocenters. The smallest absolute Gasteiger partial charge is 0.139 e. The molecule has 0 aromatic rings. The van der Waals surface area contributed by atoms with Crippen LogP contribution in [0.1, 0.15) is 19.3 Å². The van der Waals surface area contributed by atoms with E-state index < -0.39 is 0 Å². The molecule has 2 unspecified atom stereocenters. The molecule has 1 aliphatic carbocycles. The first-order valence-electron chi connectivity index (χ1n) is 3.95. The standard InChI is InChI=1S/C7H10N2O2/c10-7-3-4-9(8-11)6-2-1-5(6)7/h5-6H,1-4H2. The Kier molecular flexibility index (Phi) is 1.41. The number of rotatable bonds is 1. The molecule has 4 nitrogen and oxygen atoms in total. The van der Waals surface area contributed by atoms with Crippen molar-refractivity contribution >= 4 is 5.78 Å². The van der Waals surface area contributed by atoms with Crippen LogP contribution in [0.4, 0.5) is 0 Å². The predicted octanol–water partition coefficient (Wildman–Crippen LogP) is 0.721. The maximum Gasteiger partial charge on any atom is 0.139 e. The zero-order chi connectivity index (χ0) is 7.84. The minimum Gasteiger partial charge on any atom is -0.299 e. The molecule has 0 aromatic carbocycles. The van der Waals surface area contributed by atoms with Crippen molar-refractivity contribution in [1.29, 1.82) is 0 Å². The van der Waals surface area contributed by atoms with Gasteiger partial charge in [0.15, 0.2) is 0 Å². The molecule has 0 bridgehead atoms. The van der Waals surface area contributed by atoms with Crippen LogP contribution in [0.25, 0.3) is 0 Å². The van der Waals surface area contributed by atoms with E-state index in [1.165, 1.54) is 5.01 Å². The maximum atomic E-state index is 11.1. The van der Waals surface area contributed by atoms with E-state index >= 15 is 0 Å². The van der Waals surface area contributed by atoms with E-state index in [9.17, 15) is 9.70 Å². The number of nitrogens with zero attached hydrogens (tertiary/aromatic N) is 2. The van der Waals surface area contributed by atoms with Gasteiger partial charge in [-0.2, -0.15) is 0 Å². The van der Waals surface area contributed by atoms with Crippen molar-refractivity contribution in [3.05, 3.63) is 4.91 Å². The van der Waals surface area contributed by atoms with Crippen molar-refractivity contribution in [2.75, 3.05) is 6.54 Å². The van der Waals surface area contributed by atoms with E-state index in [1.54, 1.807) is 0 Å². The second-order valence-electron chi connectivity index (χ2n) is 3.21. The van der Waals surface area contributed by atoms with Crippen molar-refractivity contribution in [2.45, 2.75) is 25.3 Å². The molecule has 60 valence electrons. The fraction of sp³-hybridized carbons (Fsp3) is 0.857. The van der Waals surface area contributed by atoms with Crippen LogP contribution in [0.3, 0.4) is 0 Å². The third-order valence-electron chi connectivity index (χ3n) is 2.73. The van der Waals surface area contributed by atoms with E-state index in [1.807, 2.05) is 0 Å². The lowest BCUT2D eigenvalue weighted by Crippen LogP contribution is -2.52. The molecule has 0 spiro atoms. The molecule has 1 heterocycles. The van der Waals surface area contributed by atoms with Gasteiger partial charge in [-0.25, -0.2) is 0 Å². The molecule has 1 saturated carbocycles. The zero-order valence-electron chi connectivity index (χ0n) is 6.19. The van der Waals surface area contributed by atoms with Gasteiger partial charge in [0.05, 0.1) is 11.3 Å². The SMILES string of the molecule is O=NN1CCC(=O)C2CCC21. The number of hydrogen-bond donors (Lipinski definition) is 0. The van der Waals surface area contributed by atoms with Crippen LogP contribution in [-0.4, -0.2) is 23.4 Å². The molecule has 0 N–H and O–H groups in total. The Bertz CT molecular complexity index is 203.